The predicted molar refractivity (Wildman–Crippen MR) is 134 cm³/mol. The summed E-state index contributed by atoms with van der Waals surface area (Å²) in [6.45, 7) is -1.10. The highest BCUT2D eigenvalue weighted by molar-refractivity contribution is 5.00. The fraction of sp³-hybridized carbons (Fsp3) is 1.00. The molecular formula is C26H44O16. The van der Waals surface area contributed by atoms with Gasteiger partial charge in [-0.05, 0) is 38.0 Å². The molecule has 0 amide bonds. The molecule has 5 aliphatic rings. The third kappa shape index (κ3) is 6.50. The van der Waals surface area contributed by atoms with Crippen LogP contribution in [-0.4, -0.2) is 174 Å². The fourth-order valence-electron chi connectivity index (χ4n) is 7.00. The molecule has 0 aromatic carbocycles. The van der Waals surface area contributed by atoms with Crippen LogP contribution in [0.2, 0.25) is 0 Å². The molecule has 8 unspecified atom stereocenters. The molecule has 3 aliphatic heterocycles. The molecular weight excluding hydrogens is 568 g/mol. The maximum Gasteiger partial charge on any atom is 0.187 e. The van der Waals surface area contributed by atoms with Crippen molar-refractivity contribution >= 4 is 0 Å². The summed E-state index contributed by atoms with van der Waals surface area (Å²) in [5, 5.41) is 113. The molecule has 244 valence electrons. The van der Waals surface area contributed by atoms with E-state index in [0.717, 1.165) is 0 Å². The van der Waals surface area contributed by atoms with Gasteiger partial charge in [0.1, 0.15) is 48.8 Å². The second-order valence-corrected chi connectivity index (χ2v) is 12.3. The van der Waals surface area contributed by atoms with Crippen molar-refractivity contribution in [3.63, 3.8) is 0 Å². The summed E-state index contributed by atoms with van der Waals surface area (Å²) >= 11 is 0. The van der Waals surface area contributed by atoms with Gasteiger partial charge >= 0.3 is 0 Å². The van der Waals surface area contributed by atoms with Crippen LogP contribution in [0.4, 0.5) is 0 Å². The summed E-state index contributed by atoms with van der Waals surface area (Å²) in [5.41, 5.74) is 0. The van der Waals surface area contributed by atoms with Gasteiger partial charge in [0, 0.05) is 5.92 Å². The van der Waals surface area contributed by atoms with Crippen LogP contribution in [0.1, 0.15) is 32.1 Å². The maximum absolute atomic E-state index is 11.0. The van der Waals surface area contributed by atoms with Gasteiger partial charge in [0.15, 0.2) is 12.6 Å². The summed E-state index contributed by atoms with van der Waals surface area (Å²) in [6, 6.07) is 0. The van der Waals surface area contributed by atoms with E-state index in [1.807, 2.05) is 0 Å². The van der Waals surface area contributed by atoms with Gasteiger partial charge in [0.2, 0.25) is 0 Å². The summed E-state index contributed by atoms with van der Waals surface area (Å²) < 4.78 is 29.5. The average molecular weight is 613 g/mol. The Kier molecular flexibility index (Phi) is 10.4. The lowest BCUT2D eigenvalue weighted by atomic mass is 9.72. The van der Waals surface area contributed by atoms with Crippen molar-refractivity contribution in [3.8, 4) is 0 Å². The minimum Gasteiger partial charge on any atom is -0.394 e. The zero-order chi connectivity index (χ0) is 30.5. The van der Waals surface area contributed by atoms with Crippen molar-refractivity contribution in [3.05, 3.63) is 0 Å². The number of rotatable bonds is 6. The molecule has 5 fully saturated rings. The third-order valence-electron chi connectivity index (χ3n) is 9.41. The molecule has 0 aromatic rings. The third-order valence-corrected chi connectivity index (χ3v) is 9.41. The number of hydrogen-bond acceptors (Lipinski definition) is 16. The van der Waals surface area contributed by atoms with Gasteiger partial charge in [-0.1, -0.05) is 0 Å². The van der Waals surface area contributed by atoms with Gasteiger partial charge in [-0.25, -0.2) is 0 Å². The highest BCUT2D eigenvalue weighted by atomic mass is 16.8. The van der Waals surface area contributed by atoms with Crippen molar-refractivity contribution in [1.29, 1.82) is 0 Å². The zero-order valence-electron chi connectivity index (χ0n) is 22.9. The first-order valence-electron chi connectivity index (χ1n) is 14.5. The Hall–Kier alpha value is -0.640. The Balaban J connectivity index is 1.40. The van der Waals surface area contributed by atoms with Gasteiger partial charge in [-0.3, -0.25) is 0 Å². The Morgan fingerprint density at radius 1 is 0.595 bits per heavy atom. The van der Waals surface area contributed by atoms with E-state index in [-0.39, 0.29) is 32.1 Å². The topological polar surface area (TPSA) is 269 Å². The van der Waals surface area contributed by atoms with Gasteiger partial charge in [-0.2, -0.15) is 0 Å². The molecule has 11 N–H and O–H groups in total. The molecule has 2 saturated carbocycles. The van der Waals surface area contributed by atoms with E-state index >= 15 is 0 Å². The lowest BCUT2D eigenvalue weighted by Gasteiger charge is -2.52. The second-order valence-electron chi connectivity index (χ2n) is 12.3. The first kappa shape index (κ1) is 32.7. The SMILES string of the molecule is OC[C@H]1O[C@@H](OC2CC3C(O)CC(O)CC3OC2C2CC(O)C(O)C(O)C2)[C@H](O[C@H]2OC[C@H](O)[C@@H](O)[C@@H]2O)[C@@H](O)[C@H]1O. The number of aliphatic hydroxyl groups excluding tert-OH is 11. The van der Waals surface area contributed by atoms with Gasteiger partial charge in [0.05, 0.1) is 55.9 Å². The van der Waals surface area contributed by atoms with Crippen molar-refractivity contribution in [2.45, 2.75) is 136 Å². The van der Waals surface area contributed by atoms with Crippen LogP contribution >= 0.6 is 0 Å². The van der Waals surface area contributed by atoms with Crippen LogP contribution in [0.5, 0.6) is 0 Å². The lowest BCUT2D eigenvalue weighted by molar-refractivity contribution is -0.371. The smallest absolute Gasteiger partial charge is 0.187 e. The number of aliphatic hydroxyl groups is 11. The summed E-state index contributed by atoms with van der Waals surface area (Å²) in [4.78, 5) is 0. The first-order valence-corrected chi connectivity index (χ1v) is 14.5. The van der Waals surface area contributed by atoms with Crippen molar-refractivity contribution < 1.29 is 79.9 Å². The van der Waals surface area contributed by atoms with Crippen molar-refractivity contribution in [2.75, 3.05) is 13.2 Å². The van der Waals surface area contributed by atoms with E-state index in [2.05, 4.69) is 0 Å². The number of hydrogen-bond donors (Lipinski definition) is 11. The van der Waals surface area contributed by atoms with Crippen LogP contribution in [0.15, 0.2) is 0 Å². The Morgan fingerprint density at radius 3 is 1.95 bits per heavy atom. The molecule has 0 spiro atoms. The van der Waals surface area contributed by atoms with Crippen LogP contribution in [0, 0.1) is 11.8 Å². The average Bonchev–Trinajstić information content (AvgIpc) is 2.95. The Labute approximate surface area is 241 Å². The van der Waals surface area contributed by atoms with E-state index in [1.165, 1.54) is 0 Å². The standard InChI is InChI=1S/C26H44O16/c27-6-17-20(35)21(36)24(42-25-22(37)19(34)14(32)7-38-25)26(41-17)40-16-5-10-11(29)3-9(28)4-15(10)39-23(16)8-1-12(30)18(33)13(31)2-8/h8-37H,1-7H2/t8?,9?,10?,11?,12?,13?,14-,15?,16?,17+,18?,19+,20-,21-,22-,23?,24+,25+,26+/m0/s1. The van der Waals surface area contributed by atoms with Crippen molar-refractivity contribution in [1.82, 2.24) is 0 Å². The van der Waals surface area contributed by atoms with Crippen LogP contribution in [0.25, 0.3) is 0 Å². The molecule has 17 atom stereocenters. The highest BCUT2D eigenvalue weighted by Gasteiger charge is 2.54. The molecule has 3 saturated heterocycles. The van der Waals surface area contributed by atoms with Crippen molar-refractivity contribution in [2.24, 2.45) is 11.8 Å². The normalized spacial score (nSPS) is 55.6. The maximum atomic E-state index is 11.0. The second kappa shape index (κ2) is 13.4. The highest BCUT2D eigenvalue weighted by Crippen LogP contribution is 2.43. The van der Waals surface area contributed by atoms with E-state index in [9.17, 15) is 56.2 Å². The largest absolute Gasteiger partial charge is 0.394 e. The first-order chi connectivity index (χ1) is 19.9. The molecule has 0 aromatic heterocycles. The Bertz CT molecular complexity index is 871. The molecule has 16 heteroatoms. The predicted octanol–water partition coefficient (Wildman–Crippen LogP) is -5.58. The van der Waals surface area contributed by atoms with Crippen LogP contribution in [-0.2, 0) is 23.7 Å². The molecule has 0 radical (unpaired) electrons. The lowest BCUT2D eigenvalue weighted by Crippen LogP contribution is -2.65. The van der Waals surface area contributed by atoms with Crippen LogP contribution in [0.3, 0.4) is 0 Å². The molecule has 0 bridgehead atoms. The van der Waals surface area contributed by atoms with E-state index in [0.29, 0.717) is 0 Å². The number of ether oxygens (including phenoxy) is 5. The Morgan fingerprint density at radius 2 is 1.29 bits per heavy atom. The van der Waals surface area contributed by atoms with E-state index < -0.39 is 129 Å². The summed E-state index contributed by atoms with van der Waals surface area (Å²) in [5.74, 6) is -1.03. The van der Waals surface area contributed by atoms with Gasteiger partial charge in [-0.15, -0.1) is 0 Å². The minimum atomic E-state index is -1.74. The minimum absolute atomic E-state index is 0.0413. The molecule has 3 heterocycles. The van der Waals surface area contributed by atoms with Crippen LogP contribution < -0.4 is 0 Å². The van der Waals surface area contributed by atoms with Gasteiger partial charge in [0.25, 0.3) is 0 Å². The molecule has 2 aliphatic carbocycles. The van der Waals surface area contributed by atoms with E-state index in [1.54, 1.807) is 0 Å². The van der Waals surface area contributed by atoms with Gasteiger partial charge < -0.3 is 79.9 Å². The van der Waals surface area contributed by atoms with E-state index in [4.69, 9.17) is 23.7 Å². The summed E-state index contributed by atoms with van der Waals surface area (Å²) in [6.07, 6.45) is -21.5. The molecule has 5 rings (SSSR count). The number of fused-ring (bicyclic) bond motifs is 1. The zero-order valence-corrected chi connectivity index (χ0v) is 22.9. The fourth-order valence-corrected chi connectivity index (χ4v) is 7.00. The summed E-state index contributed by atoms with van der Waals surface area (Å²) in [7, 11) is 0. The quantitative estimate of drug-likeness (QED) is 0.133. The molecule has 42 heavy (non-hydrogen) atoms. The molecule has 16 nitrogen and oxygen atoms in total. The monoisotopic (exact) mass is 612 g/mol.